The third kappa shape index (κ3) is 3.89. The summed E-state index contributed by atoms with van der Waals surface area (Å²) in [4.78, 5) is 6.84. The van der Waals surface area contributed by atoms with E-state index in [1.54, 1.807) is 0 Å². The Labute approximate surface area is 153 Å². The van der Waals surface area contributed by atoms with Gasteiger partial charge in [0.15, 0.2) is 0 Å². The molecule has 0 unspecified atom stereocenters. The molecule has 1 aliphatic rings. The predicted octanol–water partition coefficient (Wildman–Crippen LogP) is 5.18. The van der Waals surface area contributed by atoms with Crippen LogP contribution in [-0.4, -0.2) is 23.0 Å². The molecule has 0 atom stereocenters. The van der Waals surface area contributed by atoms with Crippen molar-refractivity contribution < 1.29 is 4.39 Å². The molecule has 26 heavy (non-hydrogen) atoms. The Hall–Kier alpha value is -2.78. The first kappa shape index (κ1) is 16.7. The standard InChI is InChI=1S/C23H21FN2/c24-23-8-6-20(7-9-23)21-10-12-26(13-11-21)17-18-14-22(16-25-15-18)19-4-2-1-3-5-19/h1-10,14-16H,11-13,17H2. The van der Waals surface area contributed by atoms with E-state index < -0.39 is 0 Å². The molecule has 2 heterocycles. The Bertz CT molecular complexity index is 901. The Morgan fingerprint density at radius 1 is 0.885 bits per heavy atom. The van der Waals surface area contributed by atoms with E-state index in [4.69, 9.17) is 0 Å². The van der Waals surface area contributed by atoms with E-state index in [9.17, 15) is 4.39 Å². The van der Waals surface area contributed by atoms with Crippen LogP contribution in [0.4, 0.5) is 4.39 Å². The largest absolute Gasteiger partial charge is 0.295 e. The lowest BCUT2D eigenvalue weighted by atomic mass is 9.99. The van der Waals surface area contributed by atoms with Gasteiger partial charge in [-0.15, -0.1) is 0 Å². The number of benzene rings is 2. The number of hydrogen-bond acceptors (Lipinski definition) is 2. The van der Waals surface area contributed by atoms with Crippen molar-refractivity contribution >= 4 is 5.57 Å². The summed E-state index contributed by atoms with van der Waals surface area (Å²) in [6.07, 6.45) is 7.11. The molecule has 0 N–H and O–H groups in total. The number of hydrogen-bond donors (Lipinski definition) is 0. The molecule has 3 heteroatoms. The molecule has 1 aliphatic heterocycles. The van der Waals surface area contributed by atoms with Crippen molar-refractivity contribution in [2.24, 2.45) is 0 Å². The normalized spacial score (nSPS) is 14.9. The maximum Gasteiger partial charge on any atom is 0.123 e. The summed E-state index contributed by atoms with van der Waals surface area (Å²) in [5.74, 6) is -0.183. The van der Waals surface area contributed by atoms with Crippen molar-refractivity contribution in [3.8, 4) is 11.1 Å². The zero-order valence-electron chi connectivity index (χ0n) is 14.6. The summed E-state index contributed by atoms with van der Waals surface area (Å²) in [6, 6.07) is 19.4. The summed E-state index contributed by atoms with van der Waals surface area (Å²) in [5, 5.41) is 0. The van der Waals surface area contributed by atoms with Crippen molar-refractivity contribution in [3.05, 3.63) is 96.1 Å². The van der Waals surface area contributed by atoms with Gasteiger partial charge in [-0.1, -0.05) is 48.5 Å². The Morgan fingerprint density at radius 3 is 2.42 bits per heavy atom. The van der Waals surface area contributed by atoms with Crippen molar-refractivity contribution in [1.29, 1.82) is 0 Å². The van der Waals surface area contributed by atoms with Gasteiger partial charge >= 0.3 is 0 Å². The van der Waals surface area contributed by atoms with Crippen LogP contribution in [0.1, 0.15) is 17.5 Å². The molecule has 2 aromatic carbocycles. The second-order valence-corrected chi connectivity index (χ2v) is 6.67. The molecule has 0 bridgehead atoms. The highest BCUT2D eigenvalue weighted by molar-refractivity contribution is 5.66. The van der Waals surface area contributed by atoms with Crippen molar-refractivity contribution in [2.45, 2.75) is 13.0 Å². The van der Waals surface area contributed by atoms with Gasteiger partial charge in [-0.25, -0.2) is 4.39 Å². The van der Waals surface area contributed by atoms with Crippen LogP contribution in [0.3, 0.4) is 0 Å². The van der Waals surface area contributed by atoms with Crippen molar-refractivity contribution in [3.63, 3.8) is 0 Å². The van der Waals surface area contributed by atoms with E-state index in [1.807, 2.05) is 30.6 Å². The summed E-state index contributed by atoms with van der Waals surface area (Å²) in [7, 11) is 0. The minimum atomic E-state index is -0.183. The number of pyridine rings is 1. The first-order valence-corrected chi connectivity index (χ1v) is 8.94. The van der Waals surface area contributed by atoms with Gasteiger partial charge < -0.3 is 0 Å². The van der Waals surface area contributed by atoms with Crippen LogP contribution >= 0.6 is 0 Å². The Morgan fingerprint density at radius 2 is 1.69 bits per heavy atom. The fourth-order valence-electron chi connectivity index (χ4n) is 3.40. The zero-order chi connectivity index (χ0) is 17.8. The van der Waals surface area contributed by atoms with Gasteiger partial charge in [0.2, 0.25) is 0 Å². The van der Waals surface area contributed by atoms with E-state index in [2.05, 4.69) is 46.3 Å². The lowest BCUT2D eigenvalue weighted by Gasteiger charge is -2.26. The molecule has 4 rings (SSSR count). The number of rotatable bonds is 4. The van der Waals surface area contributed by atoms with E-state index in [1.165, 1.54) is 28.8 Å². The molecule has 130 valence electrons. The molecule has 0 spiro atoms. The lowest BCUT2D eigenvalue weighted by molar-refractivity contribution is 0.293. The molecular weight excluding hydrogens is 323 g/mol. The van der Waals surface area contributed by atoms with Gasteiger partial charge in [-0.2, -0.15) is 0 Å². The van der Waals surface area contributed by atoms with E-state index >= 15 is 0 Å². The molecule has 0 saturated heterocycles. The van der Waals surface area contributed by atoms with Gasteiger partial charge in [0.1, 0.15) is 5.82 Å². The number of nitrogens with zero attached hydrogens (tertiary/aromatic N) is 2. The SMILES string of the molecule is Fc1ccc(C2=CCN(Cc3cncc(-c4ccccc4)c3)CC2)cc1. The molecular formula is C23H21FN2. The minimum Gasteiger partial charge on any atom is -0.295 e. The highest BCUT2D eigenvalue weighted by Crippen LogP contribution is 2.24. The quantitative estimate of drug-likeness (QED) is 0.648. The zero-order valence-corrected chi connectivity index (χ0v) is 14.6. The smallest absolute Gasteiger partial charge is 0.123 e. The van der Waals surface area contributed by atoms with Crippen LogP contribution in [0.15, 0.2) is 79.1 Å². The average Bonchev–Trinajstić information content (AvgIpc) is 2.70. The highest BCUT2D eigenvalue weighted by Gasteiger charge is 2.14. The molecule has 0 radical (unpaired) electrons. The van der Waals surface area contributed by atoms with Gasteiger partial charge in [0.05, 0.1) is 0 Å². The summed E-state index contributed by atoms with van der Waals surface area (Å²) >= 11 is 0. The van der Waals surface area contributed by atoms with Crippen LogP contribution in [0, 0.1) is 5.82 Å². The molecule has 0 saturated carbocycles. The fourth-order valence-corrected chi connectivity index (χ4v) is 3.40. The third-order valence-corrected chi connectivity index (χ3v) is 4.82. The van der Waals surface area contributed by atoms with Crippen LogP contribution in [0.5, 0.6) is 0 Å². The summed E-state index contributed by atoms with van der Waals surface area (Å²) in [6.45, 7) is 2.79. The number of halogens is 1. The van der Waals surface area contributed by atoms with Crippen LogP contribution < -0.4 is 0 Å². The maximum atomic E-state index is 13.1. The van der Waals surface area contributed by atoms with E-state index in [0.717, 1.165) is 37.2 Å². The molecule has 3 aromatic rings. The van der Waals surface area contributed by atoms with E-state index in [-0.39, 0.29) is 5.82 Å². The fraction of sp³-hybridized carbons (Fsp3) is 0.174. The molecule has 2 nitrogen and oxygen atoms in total. The first-order valence-electron chi connectivity index (χ1n) is 8.94. The average molecular weight is 344 g/mol. The van der Waals surface area contributed by atoms with Crippen LogP contribution in [0.2, 0.25) is 0 Å². The number of aromatic nitrogens is 1. The maximum absolute atomic E-state index is 13.1. The lowest BCUT2D eigenvalue weighted by Crippen LogP contribution is -2.28. The highest BCUT2D eigenvalue weighted by atomic mass is 19.1. The van der Waals surface area contributed by atoms with Crippen molar-refractivity contribution in [1.82, 2.24) is 9.88 Å². The van der Waals surface area contributed by atoms with Gasteiger partial charge in [0, 0.05) is 37.6 Å². The monoisotopic (exact) mass is 344 g/mol. The molecule has 1 aromatic heterocycles. The van der Waals surface area contributed by atoms with E-state index in [0.29, 0.717) is 0 Å². The Kier molecular flexibility index (Phi) is 4.89. The second-order valence-electron chi connectivity index (χ2n) is 6.67. The minimum absolute atomic E-state index is 0.183. The van der Waals surface area contributed by atoms with Crippen LogP contribution in [0.25, 0.3) is 16.7 Å². The van der Waals surface area contributed by atoms with Crippen molar-refractivity contribution in [2.75, 3.05) is 13.1 Å². The van der Waals surface area contributed by atoms with Gasteiger partial charge in [0.25, 0.3) is 0 Å². The first-order chi connectivity index (χ1) is 12.8. The Balaban J connectivity index is 1.44. The molecule has 0 amide bonds. The topological polar surface area (TPSA) is 16.1 Å². The third-order valence-electron chi connectivity index (χ3n) is 4.82. The molecule has 0 aliphatic carbocycles. The molecule has 0 fully saturated rings. The summed E-state index contributed by atoms with van der Waals surface area (Å²) < 4.78 is 13.1. The summed E-state index contributed by atoms with van der Waals surface area (Å²) in [5.41, 5.74) is 6.00. The van der Waals surface area contributed by atoms with Gasteiger partial charge in [-0.05, 0) is 46.9 Å². The van der Waals surface area contributed by atoms with Gasteiger partial charge in [-0.3, -0.25) is 9.88 Å². The second kappa shape index (κ2) is 7.63. The predicted molar refractivity (Wildman–Crippen MR) is 104 cm³/mol. The van der Waals surface area contributed by atoms with Crippen LogP contribution in [-0.2, 0) is 6.54 Å².